The molecule has 0 saturated carbocycles. The Labute approximate surface area is 223 Å². The number of amides is 3. The van der Waals surface area contributed by atoms with Gasteiger partial charge in [-0.25, -0.2) is 9.79 Å². The van der Waals surface area contributed by atoms with Crippen molar-refractivity contribution in [2.75, 3.05) is 39.4 Å². The third-order valence-corrected chi connectivity index (χ3v) is 5.88. The molecule has 4 rings (SSSR count). The second kappa shape index (κ2) is 15.9. The summed E-state index contributed by atoms with van der Waals surface area (Å²) in [6.45, 7) is 4.33. The van der Waals surface area contributed by atoms with E-state index in [9.17, 15) is 14.4 Å². The number of carbonyl (C=O) groups is 3. The predicted octanol–water partition coefficient (Wildman–Crippen LogP) is 2.67. The van der Waals surface area contributed by atoms with Gasteiger partial charge in [0.2, 0.25) is 17.8 Å². The number of fused-ring (bicyclic) bond motifs is 1. The van der Waals surface area contributed by atoms with E-state index >= 15 is 0 Å². The Morgan fingerprint density at radius 2 is 1.84 bits per heavy atom. The van der Waals surface area contributed by atoms with Gasteiger partial charge >= 0.3 is 6.09 Å². The van der Waals surface area contributed by atoms with Crippen molar-refractivity contribution in [1.29, 1.82) is 0 Å². The van der Waals surface area contributed by atoms with Crippen molar-refractivity contribution in [2.24, 2.45) is 10.7 Å². The van der Waals surface area contributed by atoms with Crippen LogP contribution in [-0.2, 0) is 14.3 Å². The number of carbonyl (C=O) groups excluding carboxylic acids is 3. The van der Waals surface area contributed by atoms with Gasteiger partial charge < -0.3 is 29.8 Å². The third kappa shape index (κ3) is 9.78. The number of likely N-dealkylation sites (tertiary alicyclic amines) is 2. The molecule has 2 aliphatic rings. The van der Waals surface area contributed by atoms with Crippen LogP contribution in [0.15, 0.2) is 33.7 Å². The van der Waals surface area contributed by atoms with Crippen LogP contribution in [0.2, 0.25) is 0 Å². The number of ether oxygens (including phenoxy) is 1. The number of guanidine groups is 1. The van der Waals surface area contributed by atoms with Crippen molar-refractivity contribution in [3.05, 3.63) is 30.0 Å². The molecule has 2 aromatic rings. The molecule has 2 fully saturated rings. The van der Waals surface area contributed by atoms with Crippen LogP contribution < -0.4 is 11.1 Å². The Bertz CT molecular complexity index is 1120. The molecule has 3 heterocycles. The first kappa shape index (κ1) is 30.2. The molecular formula is C27H37N5O6. The average molecular weight is 528 g/mol. The van der Waals surface area contributed by atoms with Crippen LogP contribution in [0.1, 0.15) is 44.3 Å². The molecule has 0 aliphatic carbocycles. The van der Waals surface area contributed by atoms with Crippen LogP contribution in [0, 0.1) is 19.8 Å². The Morgan fingerprint density at radius 3 is 2.55 bits per heavy atom. The average Bonchev–Trinajstić information content (AvgIpc) is 3.52. The number of terminal acetylenes is 1. The largest absolute Gasteiger partial charge is 0.461 e. The van der Waals surface area contributed by atoms with Crippen molar-refractivity contribution in [2.45, 2.75) is 45.4 Å². The van der Waals surface area contributed by atoms with Gasteiger partial charge in [-0.2, -0.15) is 0 Å². The van der Waals surface area contributed by atoms with Gasteiger partial charge in [0.15, 0.2) is 0 Å². The minimum atomic E-state index is -0.763. The van der Waals surface area contributed by atoms with Crippen LogP contribution in [-0.4, -0.2) is 78.2 Å². The van der Waals surface area contributed by atoms with Gasteiger partial charge in [-0.15, -0.1) is 12.8 Å². The van der Waals surface area contributed by atoms with E-state index in [0.717, 1.165) is 68.5 Å². The van der Waals surface area contributed by atoms with E-state index in [2.05, 4.69) is 27.9 Å². The molecule has 11 nitrogen and oxygen atoms in total. The molecule has 1 aromatic carbocycles. The van der Waals surface area contributed by atoms with Crippen molar-refractivity contribution in [3.8, 4) is 12.8 Å². The first-order valence-corrected chi connectivity index (χ1v) is 12.6. The topological polar surface area (TPSA) is 151 Å². The summed E-state index contributed by atoms with van der Waals surface area (Å²) in [5, 5.41) is 11.7. The number of nitrogens with one attached hydrogen (secondary N) is 1. The van der Waals surface area contributed by atoms with Crippen molar-refractivity contribution in [3.63, 3.8) is 0 Å². The normalized spacial score (nSPS) is 15.6. The van der Waals surface area contributed by atoms with E-state index in [0.29, 0.717) is 18.7 Å². The van der Waals surface area contributed by atoms with Crippen LogP contribution in [0.3, 0.4) is 0 Å². The number of aliphatic hydroxyl groups excluding tert-OH is 1. The number of alkyl carbamates (subject to hydrolysis) is 1. The van der Waals surface area contributed by atoms with Gasteiger partial charge in [-0.05, 0) is 56.9 Å². The Morgan fingerprint density at radius 1 is 1.13 bits per heavy atom. The molecule has 0 bridgehead atoms. The molecule has 2 saturated heterocycles. The van der Waals surface area contributed by atoms with E-state index in [1.807, 2.05) is 17.9 Å². The number of furan rings is 1. The fourth-order valence-electron chi connectivity index (χ4n) is 4.11. The first-order valence-electron chi connectivity index (χ1n) is 12.6. The van der Waals surface area contributed by atoms with Gasteiger partial charge in [0.1, 0.15) is 18.0 Å². The number of benzene rings is 1. The first-order chi connectivity index (χ1) is 18.4. The second-order valence-electron chi connectivity index (χ2n) is 8.77. The zero-order chi connectivity index (χ0) is 27.9. The Balaban J connectivity index is 0.000000256. The summed E-state index contributed by atoms with van der Waals surface area (Å²) in [6.07, 6.45) is 13.2. The zero-order valence-electron chi connectivity index (χ0n) is 21.9. The number of hydrogen-bond donors (Lipinski definition) is 3. The van der Waals surface area contributed by atoms with Gasteiger partial charge in [0.25, 0.3) is 0 Å². The maximum Gasteiger partial charge on any atom is 0.414 e. The Kier molecular flexibility index (Phi) is 12.7. The molecule has 0 spiro atoms. The minimum absolute atomic E-state index is 0.0903. The smallest absolute Gasteiger partial charge is 0.414 e. The van der Waals surface area contributed by atoms with Gasteiger partial charge in [0.05, 0.1) is 18.8 Å². The maximum absolute atomic E-state index is 11.9. The molecule has 0 radical (unpaired) electrons. The maximum atomic E-state index is 11.9. The fourth-order valence-corrected chi connectivity index (χ4v) is 4.11. The van der Waals surface area contributed by atoms with Crippen molar-refractivity contribution < 1.29 is 28.6 Å². The van der Waals surface area contributed by atoms with Gasteiger partial charge in [0, 0.05) is 31.4 Å². The van der Waals surface area contributed by atoms with Crippen LogP contribution >= 0.6 is 0 Å². The number of nitrogens with zero attached hydrogens (tertiary/aromatic N) is 3. The molecule has 0 atom stereocenters. The molecule has 1 aromatic heterocycles. The molecular weight excluding hydrogens is 490 g/mol. The summed E-state index contributed by atoms with van der Waals surface area (Å²) in [4.78, 5) is 42.5. The molecule has 4 N–H and O–H groups in total. The molecule has 206 valence electrons. The monoisotopic (exact) mass is 527 g/mol. The lowest BCUT2D eigenvalue weighted by molar-refractivity contribution is -0.139. The highest BCUT2D eigenvalue weighted by molar-refractivity contribution is 5.94. The van der Waals surface area contributed by atoms with Crippen LogP contribution in [0.4, 0.5) is 10.5 Å². The summed E-state index contributed by atoms with van der Waals surface area (Å²) in [5.74, 6) is 1.00. The summed E-state index contributed by atoms with van der Waals surface area (Å²) < 4.78 is 10.0. The highest BCUT2D eigenvalue weighted by Crippen LogP contribution is 2.24. The number of nitrogens with two attached hydrogens (primary N) is 1. The number of hydrogen-bond acceptors (Lipinski definition) is 7. The SMILES string of the molecule is C#C.Cc1cc2cc(N=C(N)NC(=O)OCCO)ccc2o1.O=C(CN1CCCCCC1=O)N1CCCC1. The van der Waals surface area contributed by atoms with E-state index < -0.39 is 6.09 Å². The van der Waals surface area contributed by atoms with Gasteiger partial charge in [-0.1, -0.05) is 6.42 Å². The van der Waals surface area contributed by atoms with E-state index in [4.69, 9.17) is 15.3 Å². The summed E-state index contributed by atoms with van der Waals surface area (Å²) in [6, 6.07) is 7.17. The number of aryl methyl sites for hydroxylation is 1. The second-order valence-corrected chi connectivity index (χ2v) is 8.77. The summed E-state index contributed by atoms with van der Waals surface area (Å²) >= 11 is 0. The lowest BCUT2D eigenvalue weighted by Crippen LogP contribution is -2.41. The summed E-state index contributed by atoms with van der Waals surface area (Å²) in [5.41, 5.74) is 6.92. The van der Waals surface area contributed by atoms with Crippen molar-refractivity contribution >= 4 is 40.5 Å². The molecule has 38 heavy (non-hydrogen) atoms. The summed E-state index contributed by atoms with van der Waals surface area (Å²) in [7, 11) is 0. The molecule has 3 amide bonds. The lowest BCUT2D eigenvalue weighted by Gasteiger charge is -2.23. The number of rotatable bonds is 5. The standard InChI is InChI=1S/C13H15N3O4.C12H20N2O2.C2H2/c1-8-6-9-7-10(2-3-11(9)20-8)15-12(14)16-13(18)19-5-4-17;15-11-6-2-1-3-9-14(11)10-12(16)13-7-4-5-8-13;1-2/h2-3,6-7,17H,4-5H2,1H3,(H3,14,15,16,18);1-10H2;1-2H. The van der Waals surface area contributed by atoms with E-state index in [-0.39, 0.29) is 31.0 Å². The Hall–Kier alpha value is -4.04. The third-order valence-electron chi connectivity index (χ3n) is 5.88. The minimum Gasteiger partial charge on any atom is -0.461 e. The fraction of sp³-hybridized carbons (Fsp3) is 0.481. The molecule has 0 unspecified atom stereocenters. The number of aliphatic imine (C=N–C) groups is 1. The van der Waals surface area contributed by atoms with E-state index in [1.54, 1.807) is 23.1 Å². The predicted molar refractivity (Wildman–Crippen MR) is 145 cm³/mol. The highest BCUT2D eigenvalue weighted by Gasteiger charge is 2.23. The van der Waals surface area contributed by atoms with Gasteiger partial charge in [-0.3, -0.25) is 14.9 Å². The van der Waals surface area contributed by atoms with E-state index in [1.165, 1.54) is 0 Å². The lowest BCUT2D eigenvalue weighted by atomic mass is 10.2. The van der Waals surface area contributed by atoms with Crippen LogP contribution in [0.25, 0.3) is 11.0 Å². The molecule has 2 aliphatic heterocycles. The number of aliphatic hydroxyl groups is 1. The quantitative estimate of drug-likeness (QED) is 0.307. The zero-order valence-corrected chi connectivity index (χ0v) is 21.9. The van der Waals surface area contributed by atoms with Crippen molar-refractivity contribution in [1.82, 2.24) is 15.1 Å². The highest BCUT2D eigenvalue weighted by atomic mass is 16.6. The van der Waals surface area contributed by atoms with Crippen LogP contribution in [0.5, 0.6) is 0 Å². The molecule has 11 heteroatoms.